The molecule has 0 fully saturated rings. The van der Waals surface area contributed by atoms with Crippen molar-refractivity contribution in [3.63, 3.8) is 0 Å². The highest BCUT2D eigenvalue weighted by atomic mass is 16.4. The number of rotatable bonds is 5. The van der Waals surface area contributed by atoms with Crippen LogP contribution in [0, 0.1) is 11.3 Å². The van der Waals surface area contributed by atoms with Gasteiger partial charge in [-0.25, -0.2) is 9.59 Å². The van der Waals surface area contributed by atoms with Crippen LogP contribution in [0.5, 0.6) is 0 Å². The molecule has 1 atom stereocenters. The molecule has 6 heteroatoms. The van der Waals surface area contributed by atoms with Gasteiger partial charge in [-0.3, -0.25) is 4.90 Å². The number of anilines is 1. The molecule has 0 heterocycles. The summed E-state index contributed by atoms with van der Waals surface area (Å²) in [5.41, 5.74) is 0.965. The number of nitriles is 1. The number of carbonyl (C=O) groups is 2. The van der Waals surface area contributed by atoms with Crippen LogP contribution < -0.4 is 10.2 Å². The molecule has 0 spiro atoms. The van der Waals surface area contributed by atoms with E-state index in [9.17, 15) is 9.59 Å². The van der Waals surface area contributed by atoms with Gasteiger partial charge in [0.2, 0.25) is 0 Å². The van der Waals surface area contributed by atoms with Crippen LogP contribution in [0.1, 0.15) is 25.3 Å². The number of hydrogen-bond acceptors (Lipinski definition) is 3. The van der Waals surface area contributed by atoms with E-state index in [0.717, 1.165) is 0 Å². The van der Waals surface area contributed by atoms with Gasteiger partial charge < -0.3 is 10.4 Å². The molecule has 0 unspecified atom stereocenters. The van der Waals surface area contributed by atoms with Crippen LogP contribution in [0.25, 0.3) is 0 Å². The summed E-state index contributed by atoms with van der Waals surface area (Å²) in [4.78, 5) is 24.3. The van der Waals surface area contributed by atoms with Crippen LogP contribution in [0.2, 0.25) is 0 Å². The largest absolute Gasteiger partial charge is 0.480 e. The zero-order valence-corrected chi connectivity index (χ0v) is 11.5. The lowest BCUT2D eigenvalue weighted by molar-refractivity contribution is -0.139. The molecule has 0 bridgehead atoms. The van der Waals surface area contributed by atoms with Crippen LogP contribution in [-0.4, -0.2) is 30.2 Å². The van der Waals surface area contributed by atoms with E-state index >= 15 is 0 Å². The highest BCUT2D eigenvalue weighted by Gasteiger charge is 2.21. The summed E-state index contributed by atoms with van der Waals surface area (Å²) < 4.78 is 0. The van der Waals surface area contributed by atoms with Gasteiger partial charge in [-0.2, -0.15) is 5.26 Å². The minimum Gasteiger partial charge on any atom is -0.480 e. The van der Waals surface area contributed by atoms with Crippen molar-refractivity contribution in [2.24, 2.45) is 0 Å². The summed E-state index contributed by atoms with van der Waals surface area (Å²) in [7, 11) is 1.52. The second kappa shape index (κ2) is 7.14. The Labute approximate surface area is 117 Å². The van der Waals surface area contributed by atoms with Crippen molar-refractivity contribution in [2.45, 2.75) is 25.8 Å². The number of nitrogens with zero attached hydrogens (tertiary/aromatic N) is 2. The smallest absolute Gasteiger partial charge is 0.326 e. The minimum atomic E-state index is -1.06. The molecule has 2 amide bonds. The van der Waals surface area contributed by atoms with Gasteiger partial charge in [0.25, 0.3) is 0 Å². The standard InChI is InChI=1S/C14H17N3O3/c1-3-5-12(13(18)19)16-14(20)17(2)11-7-4-6-10(8-11)9-15/h4,6-8,12H,3,5H2,1-2H3,(H,16,20)(H,18,19)/t12-/m1/s1. The van der Waals surface area contributed by atoms with E-state index < -0.39 is 18.0 Å². The van der Waals surface area contributed by atoms with Gasteiger partial charge in [0.1, 0.15) is 6.04 Å². The van der Waals surface area contributed by atoms with Crippen LogP contribution >= 0.6 is 0 Å². The van der Waals surface area contributed by atoms with Crippen LogP contribution in [0.3, 0.4) is 0 Å². The van der Waals surface area contributed by atoms with Gasteiger partial charge in [-0.1, -0.05) is 19.4 Å². The topological polar surface area (TPSA) is 93.4 Å². The number of nitrogens with one attached hydrogen (secondary N) is 1. The molecule has 0 aliphatic carbocycles. The lowest BCUT2D eigenvalue weighted by Crippen LogP contribution is -2.46. The molecule has 106 valence electrons. The average Bonchev–Trinajstić information content (AvgIpc) is 2.45. The van der Waals surface area contributed by atoms with Gasteiger partial charge in [0.05, 0.1) is 11.6 Å². The number of aliphatic carboxylic acids is 1. The van der Waals surface area contributed by atoms with Crippen molar-refractivity contribution in [1.82, 2.24) is 5.32 Å². The van der Waals surface area contributed by atoms with E-state index in [-0.39, 0.29) is 0 Å². The summed E-state index contributed by atoms with van der Waals surface area (Å²) in [5.74, 6) is -1.06. The van der Waals surface area contributed by atoms with E-state index in [4.69, 9.17) is 10.4 Å². The van der Waals surface area contributed by atoms with Crippen molar-refractivity contribution in [3.8, 4) is 6.07 Å². The zero-order valence-electron chi connectivity index (χ0n) is 11.5. The molecule has 0 saturated heterocycles. The van der Waals surface area contributed by atoms with E-state index in [1.807, 2.05) is 13.0 Å². The molecule has 6 nitrogen and oxygen atoms in total. The van der Waals surface area contributed by atoms with Crippen LogP contribution in [-0.2, 0) is 4.79 Å². The summed E-state index contributed by atoms with van der Waals surface area (Å²) in [6, 6.07) is 7.10. The second-order valence-corrected chi connectivity index (χ2v) is 4.35. The highest BCUT2D eigenvalue weighted by molar-refractivity contribution is 5.94. The molecule has 1 aromatic rings. The third kappa shape index (κ3) is 3.99. The van der Waals surface area contributed by atoms with Gasteiger partial charge in [-0.15, -0.1) is 0 Å². The highest BCUT2D eigenvalue weighted by Crippen LogP contribution is 2.14. The molecule has 1 aromatic carbocycles. The van der Waals surface area contributed by atoms with Crippen molar-refractivity contribution in [1.29, 1.82) is 5.26 Å². The molecule has 0 aliphatic heterocycles. The predicted octanol–water partition coefficient (Wildman–Crippen LogP) is 1.96. The molecule has 0 radical (unpaired) electrons. The number of urea groups is 1. The maximum absolute atomic E-state index is 12.0. The molecule has 20 heavy (non-hydrogen) atoms. The maximum atomic E-state index is 12.0. The van der Waals surface area contributed by atoms with Gasteiger partial charge in [0.15, 0.2) is 0 Å². The maximum Gasteiger partial charge on any atom is 0.326 e. The Morgan fingerprint density at radius 1 is 1.50 bits per heavy atom. The fourth-order valence-corrected chi connectivity index (χ4v) is 1.69. The Morgan fingerprint density at radius 3 is 2.75 bits per heavy atom. The summed E-state index contributed by atoms with van der Waals surface area (Å²) >= 11 is 0. The molecule has 0 aromatic heterocycles. The van der Waals surface area contributed by atoms with Crippen molar-refractivity contribution in [3.05, 3.63) is 29.8 Å². The third-order valence-electron chi connectivity index (χ3n) is 2.84. The van der Waals surface area contributed by atoms with E-state index in [0.29, 0.717) is 24.1 Å². The van der Waals surface area contributed by atoms with Crippen molar-refractivity contribution < 1.29 is 14.7 Å². The molecular formula is C14H17N3O3. The van der Waals surface area contributed by atoms with Gasteiger partial charge >= 0.3 is 12.0 Å². The molecule has 2 N–H and O–H groups in total. The van der Waals surface area contributed by atoms with E-state index in [1.54, 1.807) is 24.3 Å². The number of carbonyl (C=O) groups excluding carboxylic acids is 1. The first kappa shape index (κ1) is 15.5. The van der Waals surface area contributed by atoms with Crippen LogP contribution in [0.15, 0.2) is 24.3 Å². The van der Waals surface area contributed by atoms with E-state index in [1.165, 1.54) is 11.9 Å². The monoisotopic (exact) mass is 275 g/mol. The Morgan fingerprint density at radius 2 is 2.20 bits per heavy atom. The second-order valence-electron chi connectivity index (χ2n) is 4.35. The van der Waals surface area contributed by atoms with Gasteiger partial charge in [-0.05, 0) is 24.6 Å². The lowest BCUT2D eigenvalue weighted by Gasteiger charge is -2.21. The van der Waals surface area contributed by atoms with Crippen molar-refractivity contribution in [2.75, 3.05) is 11.9 Å². The first-order chi connectivity index (χ1) is 9.49. The van der Waals surface area contributed by atoms with Crippen molar-refractivity contribution >= 4 is 17.7 Å². The Bertz CT molecular complexity index is 537. The minimum absolute atomic E-state index is 0.368. The number of amides is 2. The number of hydrogen-bond donors (Lipinski definition) is 2. The molecule has 1 rings (SSSR count). The van der Waals surface area contributed by atoms with E-state index in [2.05, 4.69) is 5.32 Å². The Balaban J connectivity index is 2.80. The average molecular weight is 275 g/mol. The Hall–Kier alpha value is -2.55. The lowest BCUT2D eigenvalue weighted by atomic mass is 10.2. The molecule has 0 aliphatic rings. The number of carboxylic acid groups (broad SMARTS) is 1. The first-order valence-electron chi connectivity index (χ1n) is 6.26. The summed E-state index contributed by atoms with van der Waals surface area (Å²) in [6.07, 6.45) is 1.03. The molecule has 0 saturated carbocycles. The summed E-state index contributed by atoms with van der Waals surface area (Å²) in [5, 5.41) is 20.3. The van der Waals surface area contributed by atoms with Gasteiger partial charge in [0, 0.05) is 12.7 Å². The number of carboxylic acids is 1. The fraction of sp³-hybridized carbons (Fsp3) is 0.357. The summed E-state index contributed by atoms with van der Waals surface area (Å²) in [6.45, 7) is 1.85. The Kier molecular flexibility index (Phi) is 5.54. The molecular weight excluding hydrogens is 258 g/mol. The predicted molar refractivity (Wildman–Crippen MR) is 74.4 cm³/mol. The quantitative estimate of drug-likeness (QED) is 0.858. The zero-order chi connectivity index (χ0) is 15.1. The normalized spacial score (nSPS) is 11.2. The fourth-order valence-electron chi connectivity index (χ4n) is 1.69. The first-order valence-corrected chi connectivity index (χ1v) is 6.26. The van der Waals surface area contributed by atoms with Crippen LogP contribution in [0.4, 0.5) is 10.5 Å². The third-order valence-corrected chi connectivity index (χ3v) is 2.84. The number of benzene rings is 1. The SMILES string of the molecule is CCC[C@@H](NC(=O)N(C)c1cccc(C#N)c1)C(=O)O.